The molecule has 0 atom stereocenters. The summed E-state index contributed by atoms with van der Waals surface area (Å²) in [5.74, 6) is 0.881. The Morgan fingerprint density at radius 1 is 1.07 bits per heavy atom. The lowest BCUT2D eigenvalue weighted by atomic mass is 10.2. The maximum absolute atomic E-state index is 4.57. The van der Waals surface area contributed by atoms with Gasteiger partial charge in [-0.3, -0.25) is 0 Å². The summed E-state index contributed by atoms with van der Waals surface area (Å²) in [5.41, 5.74) is 1.04. The second-order valence-electron chi connectivity index (χ2n) is 3.92. The molecule has 3 nitrogen and oxygen atoms in total. The molecule has 0 unspecified atom stereocenters. The van der Waals surface area contributed by atoms with E-state index in [1.54, 1.807) is 0 Å². The van der Waals surface area contributed by atoms with Crippen molar-refractivity contribution in [2.24, 2.45) is 0 Å². The molecule has 0 N–H and O–H groups in total. The van der Waals surface area contributed by atoms with Crippen molar-refractivity contribution in [3.63, 3.8) is 0 Å². The molecule has 0 spiro atoms. The molecule has 2 aromatic rings. The lowest BCUT2D eigenvalue weighted by molar-refractivity contribution is 0.907. The highest BCUT2D eigenvalue weighted by atomic mass is 15.3. The van der Waals surface area contributed by atoms with Crippen LogP contribution in [0.4, 0.5) is 5.95 Å². The van der Waals surface area contributed by atoms with Gasteiger partial charge in [0.25, 0.3) is 0 Å². The molecule has 1 fully saturated rings. The zero-order chi connectivity index (χ0) is 10.1. The zero-order valence-electron chi connectivity index (χ0n) is 8.56. The maximum atomic E-state index is 4.57. The monoisotopic (exact) mass is 199 g/mol. The number of anilines is 1. The van der Waals surface area contributed by atoms with Crippen LogP contribution < -0.4 is 4.90 Å². The molecule has 0 amide bonds. The Morgan fingerprint density at radius 3 is 2.73 bits per heavy atom. The smallest absolute Gasteiger partial charge is 0.225 e. The summed E-state index contributed by atoms with van der Waals surface area (Å²) in [6.45, 7) is 2.19. The van der Waals surface area contributed by atoms with Gasteiger partial charge in [0.1, 0.15) is 0 Å². The zero-order valence-corrected chi connectivity index (χ0v) is 8.56. The first-order chi connectivity index (χ1) is 7.43. The average molecular weight is 199 g/mol. The van der Waals surface area contributed by atoms with Crippen LogP contribution in [0.25, 0.3) is 10.9 Å². The van der Waals surface area contributed by atoms with Crippen LogP contribution in [-0.2, 0) is 0 Å². The van der Waals surface area contributed by atoms with Crippen molar-refractivity contribution < 1.29 is 0 Å². The summed E-state index contributed by atoms with van der Waals surface area (Å²) in [5, 5.41) is 1.11. The molecule has 1 aromatic heterocycles. The summed E-state index contributed by atoms with van der Waals surface area (Å²) in [6, 6.07) is 8.12. The van der Waals surface area contributed by atoms with E-state index in [1.807, 2.05) is 30.5 Å². The molecule has 76 valence electrons. The quantitative estimate of drug-likeness (QED) is 0.705. The molecule has 1 aliphatic rings. The second-order valence-corrected chi connectivity index (χ2v) is 3.92. The first-order valence-corrected chi connectivity index (χ1v) is 5.40. The lowest BCUT2D eigenvalue weighted by Crippen LogP contribution is -2.20. The van der Waals surface area contributed by atoms with Gasteiger partial charge in [-0.05, 0) is 18.9 Å². The first-order valence-electron chi connectivity index (χ1n) is 5.40. The highest BCUT2D eigenvalue weighted by Gasteiger charge is 2.14. The van der Waals surface area contributed by atoms with E-state index in [4.69, 9.17) is 0 Å². The van der Waals surface area contributed by atoms with Gasteiger partial charge in [-0.1, -0.05) is 18.2 Å². The number of rotatable bonds is 1. The maximum Gasteiger partial charge on any atom is 0.225 e. The predicted molar refractivity (Wildman–Crippen MR) is 61.0 cm³/mol. The molecule has 2 heterocycles. The van der Waals surface area contributed by atoms with Crippen molar-refractivity contribution >= 4 is 16.9 Å². The summed E-state index contributed by atoms with van der Waals surface area (Å²) >= 11 is 0. The van der Waals surface area contributed by atoms with Gasteiger partial charge in [-0.2, -0.15) is 0 Å². The Hall–Kier alpha value is -1.64. The van der Waals surface area contributed by atoms with Crippen LogP contribution in [0.2, 0.25) is 0 Å². The van der Waals surface area contributed by atoms with Crippen LogP contribution in [0.1, 0.15) is 12.8 Å². The first kappa shape index (κ1) is 8.65. The van der Waals surface area contributed by atoms with Crippen LogP contribution in [0.15, 0.2) is 30.5 Å². The summed E-state index contributed by atoms with van der Waals surface area (Å²) in [7, 11) is 0. The van der Waals surface area contributed by atoms with Crippen molar-refractivity contribution in [2.45, 2.75) is 12.8 Å². The molecule has 1 aliphatic heterocycles. The van der Waals surface area contributed by atoms with Crippen LogP contribution >= 0.6 is 0 Å². The van der Waals surface area contributed by atoms with E-state index in [2.05, 4.69) is 14.9 Å². The fourth-order valence-corrected chi connectivity index (χ4v) is 2.03. The van der Waals surface area contributed by atoms with Crippen molar-refractivity contribution in [3.8, 4) is 0 Å². The lowest BCUT2D eigenvalue weighted by Gasteiger charge is -2.14. The van der Waals surface area contributed by atoms with Crippen molar-refractivity contribution in [1.82, 2.24) is 9.97 Å². The Bertz CT molecular complexity index is 475. The highest BCUT2D eigenvalue weighted by Crippen LogP contribution is 2.18. The number of fused-ring (bicyclic) bond motifs is 1. The summed E-state index contributed by atoms with van der Waals surface area (Å²) in [4.78, 5) is 11.2. The third-order valence-corrected chi connectivity index (χ3v) is 2.87. The molecule has 0 saturated carbocycles. The SMILES string of the molecule is c1ccc2nc(N3CCCC3)ncc2c1. The molecular formula is C12H13N3. The number of aromatic nitrogens is 2. The topological polar surface area (TPSA) is 29.0 Å². The Balaban J connectivity index is 2.05. The van der Waals surface area contributed by atoms with Crippen molar-refractivity contribution in [2.75, 3.05) is 18.0 Å². The van der Waals surface area contributed by atoms with Crippen LogP contribution in [-0.4, -0.2) is 23.1 Å². The average Bonchev–Trinajstić information content (AvgIpc) is 2.82. The third kappa shape index (κ3) is 1.54. The van der Waals surface area contributed by atoms with E-state index in [0.717, 1.165) is 29.9 Å². The Kier molecular flexibility index (Phi) is 2.02. The van der Waals surface area contributed by atoms with E-state index in [0.29, 0.717) is 0 Å². The van der Waals surface area contributed by atoms with E-state index >= 15 is 0 Å². The van der Waals surface area contributed by atoms with E-state index in [-0.39, 0.29) is 0 Å². The molecule has 3 rings (SSSR count). The van der Waals surface area contributed by atoms with Crippen molar-refractivity contribution in [1.29, 1.82) is 0 Å². The number of nitrogens with zero attached hydrogens (tertiary/aromatic N) is 3. The second kappa shape index (κ2) is 3.50. The molecule has 0 bridgehead atoms. The molecule has 15 heavy (non-hydrogen) atoms. The summed E-state index contributed by atoms with van der Waals surface area (Å²) in [6.07, 6.45) is 4.43. The van der Waals surface area contributed by atoms with Gasteiger partial charge in [0.15, 0.2) is 0 Å². The van der Waals surface area contributed by atoms with E-state index in [1.165, 1.54) is 12.8 Å². The minimum Gasteiger partial charge on any atom is -0.341 e. The fourth-order valence-electron chi connectivity index (χ4n) is 2.03. The van der Waals surface area contributed by atoms with E-state index in [9.17, 15) is 0 Å². The fraction of sp³-hybridized carbons (Fsp3) is 0.333. The van der Waals surface area contributed by atoms with Crippen molar-refractivity contribution in [3.05, 3.63) is 30.5 Å². The van der Waals surface area contributed by atoms with Gasteiger partial charge >= 0.3 is 0 Å². The minimum atomic E-state index is 0.881. The van der Waals surface area contributed by atoms with Gasteiger partial charge in [-0.15, -0.1) is 0 Å². The standard InChI is InChI=1S/C12H13N3/c1-2-6-11-10(5-1)9-13-12(14-11)15-7-3-4-8-15/h1-2,5-6,9H,3-4,7-8H2. The predicted octanol–water partition coefficient (Wildman–Crippen LogP) is 2.23. The molecule has 0 radical (unpaired) electrons. The highest BCUT2D eigenvalue weighted by molar-refractivity contribution is 5.78. The summed E-state index contributed by atoms with van der Waals surface area (Å²) < 4.78 is 0. The molecule has 1 aromatic carbocycles. The molecule has 1 saturated heterocycles. The minimum absolute atomic E-state index is 0.881. The number of hydrogen-bond donors (Lipinski definition) is 0. The largest absolute Gasteiger partial charge is 0.341 e. The van der Waals surface area contributed by atoms with Gasteiger partial charge in [0.05, 0.1) is 5.52 Å². The van der Waals surface area contributed by atoms with E-state index < -0.39 is 0 Å². The number of benzene rings is 1. The third-order valence-electron chi connectivity index (χ3n) is 2.87. The number of para-hydroxylation sites is 1. The number of hydrogen-bond acceptors (Lipinski definition) is 3. The molecule has 3 heteroatoms. The van der Waals surface area contributed by atoms with Crippen LogP contribution in [0.5, 0.6) is 0 Å². The van der Waals surface area contributed by atoms with Gasteiger partial charge < -0.3 is 4.90 Å². The molecular weight excluding hydrogens is 186 g/mol. The Morgan fingerprint density at radius 2 is 1.87 bits per heavy atom. The van der Waals surface area contributed by atoms with Crippen LogP contribution in [0, 0.1) is 0 Å². The van der Waals surface area contributed by atoms with Gasteiger partial charge in [0, 0.05) is 24.7 Å². The molecule has 0 aliphatic carbocycles. The Labute approximate surface area is 88.8 Å². The van der Waals surface area contributed by atoms with Gasteiger partial charge in [-0.25, -0.2) is 9.97 Å². The van der Waals surface area contributed by atoms with Crippen LogP contribution in [0.3, 0.4) is 0 Å². The van der Waals surface area contributed by atoms with Gasteiger partial charge in [0.2, 0.25) is 5.95 Å². The normalized spacial score (nSPS) is 16.1.